The van der Waals surface area contributed by atoms with Gasteiger partial charge in [-0.05, 0) is 52.0 Å². The van der Waals surface area contributed by atoms with Gasteiger partial charge >= 0.3 is 19.8 Å². The van der Waals surface area contributed by atoms with Crippen LogP contribution in [-0.4, -0.2) is 97.0 Å². The number of hydrogen-bond donors (Lipinski definition) is 4. The van der Waals surface area contributed by atoms with Crippen LogP contribution in [0, 0.1) is 11.3 Å². The number of hydrogen-bond acceptors (Lipinski definition) is 14. The first kappa shape index (κ1) is 35.0. The molecule has 7 atom stereocenters. The Kier molecular flexibility index (Phi) is 9.97. The van der Waals surface area contributed by atoms with Gasteiger partial charge in [0, 0.05) is 13.0 Å². The van der Waals surface area contributed by atoms with E-state index in [9.17, 15) is 29.6 Å². The lowest BCUT2D eigenvalue weighted by molar-refractivity contribution is -0.150. The van der Waals surface area contributed by atoms with Crippen LogP contribution in [-0.2, 0) is 28.1 Å². The number of aliphatic hydroxyl groups is 2. The first-order chi connectivity index (χ1) is 22.6. The minimum Gasteiger partial charge on any atom is -0.459 e. The van der Waals surface area contributed by atoms with Gasteiger partial charge in [-0.15, -0.1) is 0 Å². The van der Waals surface area contributed by atoms with E-state index in [1.54, 1.807) is 51.1 Å². The molecule has 2 fully saturated rings. The molecule has 2 aromatic heterocycles. The molecule has 0 radical (unpaired) electrons. The molecule has 5 N–H and O–H groups in total. The Hall–Kier alpha value is -4.30. The van der Waals surface area contributed by atoms with Crippen molar-refractivity contribution in [3.63, 3.8) is 0 Å². The Morgan fingerprint density at radius 3 is 2.67 bits per heavy atom. The Morgan fingerprint density at radius 1 is 1.25 bits per heavy atom. The van der Waals surface area contributed by atoms with Gasteiger partial charge < -0.3 is 39.6 Å². The molecule has 2 saturated heterocycles. The second kappa shape index (κ2) is 13.7. The zero-order valence-corrected chi connectivity index (χ0v) is 27.6. The van der Waals surface area contributed by atoms with Crippen molar-refractivity contribution in [2.24, 2.45) is 0 Å². The van der Waals surface area contributed by atoms with Crippen molar-refractivity contribution in [3.05, 3.63) is 54.5 Å². The maximum Gasteiger partial charge on any atom is 0.459 e. The highest BCUT2D eigenvalue weighted by molar-refractivity contribution is 7.52. The van der Waals surface area contributed by atoms with Crippen LogP contribution >= 0.6 is 7.75 Å². The third-order valence-corrected chi connectivity index (χ3v) is 9.27. The Bertz CT molecular complexity index is 1730. The molecule has 0 saturated carbocycles. The molecular weight excluding hydrogens is 649 g/mol. The zero-order valence-electron chi connectivity index (χ0n) is 26.8. The first-order valence-electron chi connectivity index (χ1n) is 15.1. The fourth-order valence-electron chi connectivity index (χ4n) is 5.24. The predicted molar refractivity (Wildman–Crippen MR) is 167 cm³/mol. The number of amides is 1. The van der Waals surface area contributed by atoms with Gasteiger partial charge in [0.25, 0.3) is 0 Å². The second-order valence-corrected chi connectivity index (χ2v) is 14.2. The van der Waals surface area contributed by atoms with Crippen LogP contribution in [0.15, 0.2) is 48.8 Å². The summed E-state index contributed by atoms with van der Waals surface area (Å²) in [5.74, 6) is -0.549. The van der Waals surface area contributed by atoms with Gasteiger partial charge in [0.2, 0.25) is 5.60 Å². The SMILES string of the molecule is C[C@@H](NP(=O)(OC[C@@]1(C#N)O[C@@H](c2ccc3c(N)ncnn23)[C@H](O)[C@@H]1O)Oc1ccccc1)C(=O)O[C@@H]1CCN(C(=O)OC(C)(C)C)C1. The van der Waals surface area contributed by atoms with Crippen LogP contribution in [0.5, 0.6) is 5.75 Å². The average Bonchev–Trinajstić information content (AvgIpc) is 3.74. The number of nitrogens with two attached hydrogens (primary N) is 1. The molecule has 1 aromatic carbocycles. The molecule has 2 aliphatic rings. The van der Waals surface area contributed by atoms with Crippen molar-refractivity contribution in [1.82, 2.24) is 24.6 Å². The van der Waals surface area contributed by atoms with E-state index in [0.717, 1.165) is 0 Å². The van der Waals surface area contributed by atoms with Gasteiger partial charge in [-0.3, -0.25) is 9.32 Å². The van der Waals surface area contributed by atoms with E-state index in [4.69, 9.17) is 29.0 Å². The number of para-hydroxylation sites is 1. The lowest BCUT2D eigenvalue weighted by Gasteiger charge is -2.28. The lowest BCUT2D eigenvalue weighted by atomic mass is 9.96. The third kappa shape index (κ3) is 7.54. The summed E-state index contributed by atoms with van der Waals surface area (Å²) < 4.78 is 43.7. The number of nitrogens with one attached hydrogen (secondary N) is 1. The first-order valence-corrected chi connectivity index (χ1v) is 16.7. The number of nitriles is 1. The maximum atomic E-state index is 14.2. The zero-order chi connectivity index (χ0) is 34.9. The van der Waals surface area contributed by atoms with E-state index in [-0.39, 0.29) is 23.8 Å². The summed E-state index contributed by atoms with van der Waals surface area (Å²) in [6.07, 6.45) is -4.35. The number of rotatable bonds is 10. The number of carbonyl (C=O) groups excluding carboxylic acids is 2. The summed E-state index contributed by atoms with van der Waals surface area (Å²) in [4.78, 5) is 30.9. The van der Waals surface area contributed by atoms with Crippen LogP contribution < -0.4 is 15.3 Å². The van der Waals surface area contributed by atoms with Gasteiger partial charge in [-0.2, -0.15) is 15.4 Å². The smallest absolute Gasteiger partial charge is 0.459 e. The summed E-state index contributed by atoms with van der Waals surface area (Å²) in [5.41, 5.74) is 3.66. The Morgan fingerprint density at radius 2 is 1.98 bits per heavy atom. The number of aliphatic hydroxyl groups excluding tert-OH is 2. The molecule has 17 nitrogen and oxygen atoms in total. The van der Waals surface area contributed by atoms with E-state index in [1.807, 2.05) is 6.07 Å². The van der Waals surface area contributed by atoms with Gasteiger partial charge in [0.05, 0.1) is 12.2 Å². The molecule has 18 heteroatoms. The number of nitrogen functional groups attached to an aromatic ring is 1. The Balaban J connectivity index is 1.29. The fraction of sp³-hybridized carbons (Fsp3) is 0.500. The highest BCUT2D eigenvalue weighted by Crippen LogP contribution is 2.48. The standard InChI is InChI=1S/C30H38N7O10P/c1-18(27(40)44-20-12-13-36(14-20)28(41)46-29(2,3)4)35-48(42,47-19-8-6-5-7-9-19)43-16-30(15-31)25(39)23(38)24(45-30)21-10-11-22-26(32)33-17-34-37(21)22/h5-11,17-18,20,23-25,38-39H,12-14,16H2,1-4H3,(H,35,42)(H2,32,33,34)/t18-,20-,23+,24+,25+,30-,48?/m1/s1. The van der Waals surface area contributed by atoms with Crippen LogP contribution in [0.3, 0.4) is 0 Å². The number of fused-ring (bicyclic) bond motifs is 1. The molecular formula is C30H38N7O10P. The van der Waals surface area contributed by atoms with Gasteiger partial charge in [-0.25, -0.2) is 18.9 Å². The largest absolute Gasteiger partial charge is 0.459 e. The normalized spacial score (nSPS) is 26.1. The molecule has 3 aromatic rings. The molecule has 0 bridgehead atoms. The monoisotopic (exact) mass is 687 g/mol. The van der Waals surface area contributed by atoms with Gasteiger partial charge in [0.15, 0.2) is 5.82 Å². The van der Waals surface area contributed by atoms with E-state index in [1.165, 1.54) is 34.8 Å². The summed E-state index contributed by atoms with van der Waals surface area (Å²) in [5, 5.41) is 38.8. The molecule has 1 unspecified atom stereocenters. The quantitative estimate of drug-likeness (QED) is 0.177. The van der Waals surface area contributed by atoms with E-state index < -0.39 is 68.1 Å². The van der Waals surface area contributed by atoms with Crippen LogP contribution in [0.2, 0.25) is 0 Å². The molecule has 4 heterocycles. The predicted octanol–water partition coefficient (Wildman–Crippen LogP) is 2.10. The van der Waals surface area contributed by atoms with Crippen molar-refractivity contribution in [3.8, 4) is 11.8 Å². The molecule has 48 heavy (non-hydrogen) atoms. The molecule has 5 rings (SSSR count). The number of benzene rings is 1. The second-order valence-electron chi connectivity index (χ2n) is 12.5. The third-order valence-electron chi connectivity index (χ3n) is 7.64. The van der Waals surface area contributed by atoms with Crippen LogP contribution in [0.4, 0.5) is 10.6 Å². The van der Waals surface area contributed by atoms with Crippen LogP contribution in [0.1, 0.15) is 45.9 Å². The Labute approximate surface area is 276 Å². The minimum absolute atomic E-state index is 0.103. The van der Waals surface area contributed by atoms with E-state index >= 15 is 0 Å². The number of aromatic nitrogens is 3. The topological polar surface area (TPSA) is 233 Å². The van der Waals surface area contributed by atoms with Crippen molar-refractivity contribution in [2.45, 2.75) is 75.8 Å². The number of likely N-dealkylation sites (tertiary alicyclic amines) is 1. The van der Waals surface area contributed by atoms with Gasteiger partial charge in [0.1, 0.15) is 66.3 Å². The van der Waals surface area contributed by atoms with Gasteiger partial charge in [-0.1, -0.05) is 18.2 Å². The minimum atomic E-state index is -4.53. The molecule has 258 valence electrons. The summed E-state index contributed by atoms with van der Waals surface area (Å²) in [6, 6.07) is 11.6. The highest BCUT2D eigenvalue weighted by Gasteiger charge is 2.57. The van der Waals surface area contributed by atoms with E-state index in [2.05, 4.69) is 15.2 Å². The number of nitrogens with zero attached hydrogens (tertiary/aromatic N) is 5. The maximum absolute atomic E-state index is 14.2. The lowest BCUT2D eigenvalue weighted by Crippen LogP contribution is -2.46. The molecule has 0 spiro atoms. The van der Waals surface area contributed by atoms with E-state index in [0.29, 0.717) is 18.5 Å². The summed E-state index contributed by atoms with van der Waals surface area (Å²) >= 11 is 0. The van der Waals surface area contributed by atoms with Crippen molar-refractivity contribution < 1.29 is 47.6 Å². The molecule has 1 amide bonds. The molecule has 2 aliphatic heterocycles. The van der Waals surface area contributed by atoms with Crippen molar-refractivity contribution in [1.29, 1.82) is 5.26 Å². The molecule has 0 aliphatic carbocycles. The number of ether oxygens (including phenoxy) is 3. The highest BCUT2D eigenvalue weighted by atomic mass is 31.2. The summed E-state index contributed by atoms with van der Waals surface area (Å²) in [6.45, 7) is 6.19. The van der Waals surface area contributed by atoms with Crippen molar-refractivity contribution in [2.75, 3.05) is 25.4 Å². The number of anilines is 1. The fourth-order valence-corrected chi connectivity index (χ4v) is 6.76. The summed E-state index contributed by atoms with van der Waals surface area (Å²) in [7, 11) is -4.53. The van der Waals surface area contributed by atoms with Crippen molar-refractivity contribution >= 4 is 31.1 Å². The average molecular weight is 688 g/mol. The number of esters is 1. The number of carbonyl (C=O) groups is 2. The van der Waals surface area contributed by atoms with Crippen LogP contribution in [0.25, 0.3) is 5.52 Å².